The highest BCUT2D eigenvalue weighted by Crippen LogP contribution is 2.32. The SMILES string of the molecule is O=C([C@@H]1CCCN2CCCC[C@H]12)N1CCN(c2ccccc2)C(=O)C1. The number of piperidine rings is 2. The highest BCUT2D eigenvalue weighted by atomic mass is 16.2. The number of anilines is 1. The van der Waals surface area contributed by atoms with Gasteiger partial charge in [0.2, 0.25) is 11.8 Å². The molecule has 0 spiro atoms. The van der Waals surface area contributed by atoms with Crippen LogP contribution in [0.4, 0.5) is 5.69 Å². The van der Waals surface area contributed by atoms with E-state index in [0.717, 1.165) is 38.0 Å². The summed E-state index contributed by atoms with van der Waals surface area (Å²) >= 11 is 0. The zero-order valence-electron chi connectivity index (χ0n) is 14.8. The Morgan fingerprint density at radius 3 is 2.52 bits per heavy atom. The second-order valence-electron chi connectivity index (χ2n) is 7.49. The van der Waals surface area contributed by atoms with E-state index in [2.05, 4.69) is 4.90 Å². The van der Waals surface area contributed by atoms with E-state index in [1.165, 1.54) is 12.8 Å². The monoisotopic (exact) mass is 341 g/mol. The fourth-order valence-electron chi connectivity index (χ4n) is 4.72. The molecule has 3 aliphatic heterocycles. The van der Waals surface area contributed by atoms with Gasteiger partial charge in [-0.3, -0.25) is 14.5 Å². The number of nitrogens with zero attached hydrogens (tertiary/aromatic N) is 3. The van der Waals surface area contributed by atoms with Gasteiger partial charge >= 0.3 is 0 Å². The van der Waals surface area contributed by atoms with Crippen molar-refractivity contribution in [3.8, 4) is 0 Å². The smallest absolute Gasteiger partial charge is 0.246 e. The summed E-state index contributed by atoms with van der Waals surface area (Å²) in [6.45, 7) is 3.72. The molecule has 0 unspecified atom stereocenters. The van der Waals surface area contributed by atoms with Crippen LogP contribution in [0.15, 0.2) is 30.3 Å². The molecule has 2 atom stereocenters. The molecule has 3 heterocycles. The fraction of sp³-hybridized carbons (Fsp3) is 0.600. The van der Waals surface area contributed by atoms with Crippen LogP contribution in [0.2, 0.25) is 0 Å². The lowest BCUT2D eigenvalue weighted by Crippen LogP contribution is -2.58. The number of carbonyl (C=O) groups excluding carboxylic acids is 2. The number of piperazine rings is 1. The van der Waals surface area contributed by atoms with Crippen LogP contribution < -0.4 is 4.90 Å². The van der Waals surface area contributed by atoms with E-state index in [-0.39, 0.29) is 24.3 Å². The molecule has 134 valence electrons. The first kappa shape index (κ1) is 16.6. The van der Waals surface area contributed by atoms with Crippen LogP contribution in [0.25, 0.3) is 0 Å². The minimum atomic E-state index is 0.0297. The van der Waals surface area contributed by atoms with Crippen LogP contribution in [-0.2, 0) is 9.59 Å². The summed E-state index contributed by atoms with van der Waals surface area (Å²) in [5.41, 5.74) is 0.927. The minimum Gasteiger partial charge on any atom is -0.331 e. The van der Waals surface area contributed by atoms with E-state index in [9.17, 15) is 9.59 Å². The Hall–Kier alpha value is -1.88. The van der Waals surface area contributed by atoms with E-state index in [0.29, 0.717) is 19.1 Å². The number of fused-ring (bicyclic) bond motifs is 1. The summed E-state index contributed by atoms with van der Waals surface area (Å²) in [7, 11) is 0. The van der Waals surface area contributed by atoms with Crippen LogP contribution in [0.5, 0.6) is 0 Å². The first-order valence-electron chi connectivity index (χ1n) is 9.62. The summed E-state index contributed by atoms with van der Waals surface area (Å²) in [5.74, 6) is 0.324. The van der Waals surface area contributed by atoms with Crippen LogP contribution in [0.1, 0.15) is 32.1 Å². The lowest BCUT2D eigenvalue weighted by molar-refractivity contribution is -0.144. The molecular weight excluding hydrogens is 314 g/mol. The number of hydrogen-bond donors (Lipinski definition) is 0. The van der Waals surface area contributed by atoms with Gasteiger partial charge in [0, 0.05) is 24.8 Å². The van der Waals surface area contributed by atoms with E-state index < -0.39 is 0 Å². The Morgan fingerprint density at radius 2 is 1.72 bits per heavy atom. The van der Waals surface area contributed by atoms with Gasteiger partial charge in [-0.05, 0) is 50.9 Å². The summed E-state index contributed by atoms with van der Waals surface area (Å²) in [5, 5.41) is 0. The van der Waals surface area contributed by atoms with E-state index in [4.69, 9.17) is 0 Å². The standard InChI is InChI=1S/C20H27N3O2/c24-19-15-22(13-14-23(19)16-7-2-1-3-8-16)20(25)17-9-6-12-21-11-5-4-10-18(17)21/h1-3,7-8,17-18H,4-6,9-15H2/t17-,18-/m1/s1. The van der Waals surface area contributed by atoms with Crippen molar-refractivity contribution in [2.45, 2.75) is 38.1 Å². The Morgan fingerprint density at radius 1 is 0.920 bits per heavy atom. The second-order valence-corrected chi connectivity index (χ2v) is 7.49. The largest absolute Gasteiger partial charge is 0.331 e. The average Bonchev–Trinajstić information content (AvgIpc) is 2.67. The topological polar surface area (TPSA) is 43.9 Å². The summed E-state index contributed by atoms with van der Waals surface area (Å²) in [6, 6.07) is 10.1. The third-order valence-electron chi connectivity index (χ3n) is 6.01. The highest BCUT2D eigenvalue weighted by molar-refractivity contribution is 5.98. The van der Waals surface area contributed by atoms with Crippen molar-refractivity contribution in [2.24, 2.45) is 5.92 Å². The molecular formula is C20H27N3O2. The number of benzene rings is 1. The van der Waals surface area contributed by atoms with Gasteiger partial charge in [0.05, 0.1) is 5.92 Å². The van der Waals surface area contributed by atoms with Gasteiger partial charge in [0.1, 0.15) is 6.54 Å². The second kappa shape index (κ2) is 7.16. The highest BCUT2D eigenvalue weighted by Gasteiger charge is 2.40. The molecule has 4 rings (SSSR count). The predicted molar refractivity (Wildman–Crippen MR) is 97.3 cm³/mol. The lowest BCUT2D eigenvalue weighted by Gasteiger charge is -2.45. The third-order valence-corrected chi connectivity index (χ3v) is 6.01. The van der Waals surface area contributed by atoms with Crippen molar-refractivity contribution in [3.05, 3.63) is 30.3 Å². The molecule has 1 aromatic rings. The Balaban J connectivity index is 1.43. The molecule has 0 aromatic heterocycles. The van der Waals surface area contributed by atoms with Crippen molar-refractivity contribution < 1.29 is 9.59 Å². The summed E-state index contributed by atoms with van der Waals surface area (Å²) in [6.07, 6.45) is 5.70. The molecule has 5 heteroatoms. The molecule has 0 radical (unpaired) electrons. The first-order valence-corrected chi connectivity index (χ1v) is 9.62. The van der Waals surface area contributed by atoms with Crippen LogP contribution >= 0.6 is 0 Å². The van der Waals surface area contributed by atoms with Gasteiger partial charge in [0.15, 0.2) is 0 Å². The number of rotatable bonds is 2. The molecule has 1 aromatic carbocycles. The lowest BCUT2D eigenvalue weighted by atomic mass is 9.82. The van der Waals surface area contributed by atoms with Gasteiger partial charge < -0.3 is 9.80 Å². The van der Waals surface area contributed by atoms with Crippen molar-refractivity contribution in [3.63, 3.8) is 0 Å². The molecule has 0 saturated carbocycles. The normalized spacial score (nSPS) is 27.9. The van der Waals surface area contributed by atoms with Gasteiger partial charge in [0.25, 0.3) is 0 Å². The predicted octanol–water partition coefficient (Wildman–Crippen LogP) is 2.13. The molecule has 25 heavy (non-hydrogen) atoms. The minimum absolute atomic E-state index is 0.0297. The maximum Gasteiger partial charge on any atom is 0.246 e. The Kier molecular flexibility index (Phi) is 4.75. The maximum atomic E-state index is 13.1. The molecule has 0 bridgehead atoms. The van der Waals surface area contributed by atoms with Gasteiger partial charge in [-0.1, -0.05) is 24.6 Å². The van der Waals surface area contributed by atoms with E-state index >= 15 is 0 Å². The Bertz CT molecular complexity index is 631. The van der Waals surface area contributed by atoms with E-state index in [1.54, 1.807) is 4.90 Å². The molecule has 0 N–H and O–H groups in total. The van der Waals surface area contributed by atoms with Crippen LogP contribution in [-0.4, -0.2) is 60.4 Å². The van der Waals surface area contributed by atoms with Crippen molar-refractivity contribution >= 4 is 17.5 Å². The zero-order valence-corrected chi connectivity index (χ0v) is 14.8. The van der Waals surface area contributed by atoms with Gasteiger partial charge in [-0.2, -0.15) is 0 Å². The number of hydrogen-bond acceptors (Lipinski definition) is 3. The molecule has 3 aliphatic rings. The van der Waals surface area contributed by atoms with Gasteiger partial charge in [-0.15, -0.1) is 0 Å². The maximum absolute atomic E-state index is 13.1. The number of carbonyl (C=O) groups is 2. The van der Waals surface area contributed by atoms with Crippen LogP contribution in [0, 0.1) is 5.92 Å². The molecule has 0 aliphatic carbocycles. The molecule has 3 saturated heterocycles. The Labute approximate surface area is 149 Å². The zero-order chi connectivity index (χ0) is 17.2. The summed E-state index contributed by atoms with van der Waals surface area (Å²) < 4.78 is 0. The average molecular weight is 341 g/mol. The van der Waals surface area contributed by atoms with Crippen LogP contribution in [0.3, 0.4) is 0 Å². The molecule has 2 amide bonds. The van der Waals surface area contributed by atoms with Crippen molar-refractivity contribution in [2.75, 3.05) is 37.6 Å². The van der Waals surface area contributed by atoms with E-state index in [1.807, 2.05) is 35.2 Å². The number of amides is 2. The fourth-order valence-corrected chi connectivity index (χ4v) is 4.72. The molecule has 5 nitrogen and oxygen atoms in total. The van der Waals surface area contributed by atoms with Gasteiger partial charge in [-0.25, -0.2) is 0 Å². The third kappa shape index (κ3) is 3.30. The summed E-state index contributed by atoms with van der Waals surface area (Å²) in [4.78, 5) is 31.8. The quantitative estimate of drug-likeness (QED) is 0.828. The van der Waals surface area contributed by atoms with Crippen molar-refractivity contribution in [1.82, 2.24) is 9.80 Å². The molecule has 3 fully saturated rings. The number of para-hydroxylation sites is 1. The van der Waals surface area contributed by atoms with Crippen molar-refractivity contribution in [1.29, 1.82) is 0 Å². The first-order chi connectivity index (χ1) is 12.2.